The second kappa shape index (κ2) is 6.03. The Kier molecular flexibility index (Phi) is 4.04. The number of hydrogen-bond acceptors (Lipinski definition) is 4. The number of carbonyl (C=O) groups excluding carboxylic acids is 2. The van der Waals surface area contributed by atoms with Crippen molar-refractivity contribution in [2.24, 2.45) is 0 Å². The molecule has 2 aliphatic heterocycles. The topological polar surface area (TPSA) is 99.2 Å². The van der Waals surface area contributed by atoms with Crippen LogP contribution in [0, 0.1) is 0 Å². The monoisotopic (exact) mass is 333 g/mol. The molecular formula is C16H19N3O5. The number of nitrogens with one attached hydrogen (secondary N) is 1. The van der Waals surface area contributed by atoms with Gasteiger partial charge in [-0.15, -0.1) is 0 Å². The molecule has 1 spiro atoms. The fraction of sp³-hybridized carbons (Fsp3) is 0.438. The van der Waals surface area contributed by atoms with E-state index >= 15 is 0 Å². The number of nitrogens with zero attached hydrogens (tertiary/aromatic N) is 2. The summed E-state index contributed by atoms with van der Waals surface area (Å²) in [4.78, 5) is 37.8. The van der Waals surface area contributed by atoms with Crippen LogP contribution in [0.1, 0.15) is 23.2 Å². The number of ether oxygens (including phenoxy) is 1. The predicted molar refractivity (Wildman–Crippen MR) is 85.2 cm³/mol. The zero-order valence-electron chi connectivity index (χ0n) is 13.3. The average molecular weight is 333 g/mol. The van der Waals surface area contributed by atoms with E-state index in [2.05, 4.69) is 10.1 Å². The normalized spacial score (nSPS) is 19.3. The summed E-state index contributed by atoms with van der Waals surface area (Å²) in [5, 5.41) is 12.0. The van der Waals surface area contributed by atoms with Gasteiger partial charge in [0.25, 0.3) is 0 Å². The van der Waals surface area contributed by atoms with Gasteiger partial charge in [-0.05, 0) is 37.1 Å². The first-order valence-corrected chi connectivity index (χ1v) is 7.70. The molecule has 8 nitrogen and oxygen atoms in total. The quantitative estimate of drug-likeness (QED) is 0.799. The lowest BCUT2D eigenvalue weighted by atomic mass is 9.88. The zero-order chi connectivity index (χ0) is 17.3. The van der Waals surface area contributed by atoms with Gasteiger partial charge in [0.15, 0.2) is 0 Å². The van der Waals surface area contributed by atoms with Crippen LogP contribution in [0.15, 0.2) is 24.3 Å². The molecule has 2 N–H and O–H groups in total. The summed E-state index contributed by atoms with van der Waals surface area (Å²) in [7, 11) is 1.32. The van der Waals surface area contributed by atoms with Gasteiger partial charge in [-0.1, -0.05) is 0 Å². The molecule has 1 aromatic rings. The Labute approximate surface area is 139 Å². The van der Waals surface area contributed by atoms with Crippen molar-refractivity contribution >= 4 is 23.8 Å². The lowest BCUT2D eigenvalue weighted by Crippen LogP contribution is -2.53. The summed E-state index contributed by atoms with van der Waals surface area (Å²) in [6.45, 7) is 1.30. The van der Waals surface area contributed by atoms with E-state index in [4.69, 9.17) is 5.11 Å². The molecule has 0 radical (unpaired) electrons. The standard InChI is InChI=1S/C16H19N3O5/c1-24-13(20)11-2-4-12(5-3-11)19-10-16(17-14(19)21)6-8-18(9-7-16)15(22)23/h2-5H,6-10H2,1H3,(H,17,21)(H,22,23). The van der Waals surface area contributed by atoms with Crippen LogP contribution in [0.3, 0.4) is 0 Å². The molecule has 0 aliphatic carbocycles. The minimum atomic E-state index is -0.926. The van der Waals surface area contributed by atoms with E-state index in [9.17, 15) is 14.4 Å². The first-order chi connectivity index (χ1) is 11.4. The van der Waals surface area contributed by atoms with Gasteiger partial charge in [-0.2, -0.15) is 0 Å². The highest BCUT2D eigenvalue weighted by atomic mass is 16.5. The van der Waals surface area contributed by atoms with Crippen molar-refractivity contribution in [1.29, 1.82) is 0 Å². The number of benzene rings is 1. The Morgan fingerprint density at radius 1 is 1.21 bits per heavy atom. The summed E-state index contributed by atoms with van der Waals surface area (Å²) in [5.41, 5.74) is 0.715. The third kappa shape index (κ3) is 2.86. The van der Waals surface area contributed by atoms with E-state index in [1.807, 2.05) is 0 Å². The Balaban J connectivity index is 1.71. The molecular weight excluding hydrogens is 314 g/mol. The number of anilines is 1. The van der Waals surface area contributed by atoms with Gasteiger partial charge < -0.3 is 20.1 Å². The molecule has 0 saturated carbocycles. The maximum atomic E-state index is 12.3. The van der Waals surface area contributed by atoms with Crippen LogP contribution < -0.4 is 10.2 Å². The summed E-state index contributed by atoms with van der Waals surface area (Å²) in [5.74, 6) is -0.426. The molecule has 3 rings (SSSR count). The maximum absolute atomic E-state index is 12.3. The van der Waals surface area contributed by atoms with Crippen LogP contribution in [0.2, 0.25) is 0 Å². The molecule has 0 atom stereocenters. The summed E-state index contributed by atoms with van der Waals surface area (Å²) in [6.07, 6.45) is 0.244. The lowest BCUT2D eigenvalue weighted by Gasteiger charge is -2.37. The van der Waals surface area contributed by atoms with Crippen LogP contribution in [0.4, 0.5) is 15.3 Å². The van der Waals surface area contributed by atoms with Crippen LogP contribution in [-0.4, -0.2) is 60.4 Å². The number of esters is 1. The first-order valence-electron chi connectivity index (χ1n) is 7.70. The van der Waals surface area contributed by atoms with Crippen LogP contribution in [0.5, 0.6) is 0 Å². The number of carbonyl (C=O) groups is 3. The van der Waals surface area contributed by atoms with Gasteiger partial charge >= 0.3 is 18.1 Å². The van der Waals surface area contributed by atoms with Gasteiger partial charge in [0.05, 0.1) is 24.8 Å². The Morgan fingerprint density at radius 3 is 2.38 bits per heavy atom. The van der Waals surface area contributed by atoms with Crippen LogP contribution in [0.25, 0.3) is 0 Å². The zero-order valence-corrected chi connectivity index (χ0v) is 13.3. The highest BCUT2D eigenvalue weighted by Crippen LogP contribution is 2.31. The van der Waals surface area contributed by atoms with Gasteiger partial charge in [-0.25, -0.2) is 14.4 Å². The van der Waals surface area contributed by atoms with Crippen molar-refractivity contribution in [3.8, 4) is 0 Å². The van der Waals surface area contributed by atoms with Gasteiger partial charge in [0.1, 0.15) is 0 Å². The minimum absolute atomic E-state index is 0.204. The highest BCUT2D eigenvalue weighted by Gasteiger charge is 2.45. The van der Waals surface area contributed by atoms with E-state index in [0.29, 0.717) is 43.7 Å². The Bertz CT molecular complexity index is 665. The molecule has 0 aromatic heterocycles. The number of methoxy groups -OCH3 is 1. The first kappa shape index (κ1) is 16.1. The van der Waals surface area contributed by atoms with Crippen molar-refractivity contribution in [1.82, 2.24) is 10.2 Å². The molecule has 1 aromatic carbocycles. The van der Waals surface area contributed by atoms with Crippen molar-refractivity contribution in [3.63, 3.8) is 0 Å². The minimum Gasteiger partial charge on any atom is -0.465 e. The van der Waals surface area contributed by atoms with Gasteiger partial charge in [0.2, 0.25) is 0 Å². The van der Waals surface area contributed by atoms with E-state index in [1.54, 1.807) is 29.2 Å². The fourth-order valence-corrected chi connectivity index (χ4v) is 3.22. The number of amides is 3. The summed E-state index contributed by atoms with van der Waals surface area (Å²) < 4.78 is 4.66. The third-order valence-corrected chi connectivity index (χ3v) is 4.67. The highest BCUT2D eigenvalue weighted by molar-refractivity contribution is 5.96. The fourth-order valence-electron chi connectivity index (χ4n) is 3.22. The largest absolute Gasteiger partial charge is 0.465 e. The maximum Gasteiger partial charge on any atom is 0.407 e. The molecule has 2 saturated heterocycles. The number of rotatable bonds is 2. The van der Waals surface area contributed by atoms with Crippen molar-refractivity contribution < 1.29 is 24.2 Å². The van der Waals surface area contributed by atoms with Gasteiger partial charge in [0, 0.05) is 18.8 Å². The van der Waals surface area contributed by atoms with E-state index in [0.717, 1.165) is 0 Å². The van der Waals surface area contributed by atoms with Crippen molar-refractivity contribution in [3.05, 3.63) is 29.8 Å². The SMILES string of the molecule is COC(=O)c1ccc(N2CC3(CCN(C(=O)O)CC3)NC2=O)cc1. The number of urea groups is 1. The molecule has 128 valence electrons. The summed E-state index contributed by atoms with van der Waals surface area (Å²) >= 11 is 0. The van der Waals surface area contributed by atoms with Crippen molar-refractivity contribution in [2.45, 2.75) is 18.4 Å². The van der Waals surface area contributed by atoms with Crippen molar-refractivity contribution in [2.75, 3.05) is 31.6 Å². The lowest BCUT2D eigenvalue weighted by molar-refractivity contribution is 0.0600. The molecule has 3 amide bonds. The second-order valence-electron chi connectivity index (χ2n) is 6.10. The Hall–Kier alpha value is -2.77. The molecule has 8 heteroatoms. The molecule has 2 aliphatic rings. The third-order valence-electron chi connectivity index (χ3n) is 4.67. The number of likely N-dealkylation sites (tertiary alicyclic amines) is 1. The second-order valence-corrected chi connectivity index (χ2v) is 6.10. The van der Waals surface area contributed by atoms with E-state index < -0.39 is 17.6 Å². The van der Waals surface area contributed by atoms with Crippen LogP contribution in [-0.2, 0) is 4.74 Å². The summed E-state index contributed by atoms with van der Waals surface area (Å²) in [6, 6.07) is 6.44. The number of hydrogen-bond donors (Lipinski definition) is 2. The number of piperidine rings is 1. The van der Waals surface area contributed by atoms with E-state index in [1.165, 1.54) is 12.0 Å². The average Bonchev–Trinajstić information content (AvgIpc) is 2.90. The molecule has 0 bridgehead atoms. The molecule has 24 heavy (non-hydrogen) atoms. The molecule has 0 unspecified atom stereocenters. The smallest absolute Gasteiger partial charge is 0.407 e. The van der Waals surface area contributed by atoms with Gasteiger partial charge in [-0.3, -0.25) is 4.90 Å². The molecule has 2 heterocycles. The van der Waals surface area contributed by atoms with Crippen LogP contribution >= 0.6 is 0 Å². The van der Waals surface area contributed by atoms with E-state index in [-0.39, 0.29) is 6.03 Å². The number of carboxylic acid groups (broad SMARTS) is 1. The Morgan fingerprint density at radius 2 is 1.83 bits per heavy atom. The molecule has 2 fully saturated rings. The predicted octanol–water partition coefficient (Wildman–Crippen LogP) is 1.52.